The van der Waals surface area contributed by atoms with Gasteiger partial charge in [-0.1, -0.05) is 30.3 Å². The van der Waals surface area contributed by atoms with Gasteiger partial charge in [-0.15, -0.1) is 0 Å². The summed E-state index contributed by atoms with van der Waals surface area (Å²) in [5.74, 6) is 0.854. The number of aliphatic hydroxyl groups is 3. The smallest absolute Gasteiger partial charge is 0.119 e. The molecule has 2 aromatic carbocycles. The van der Waals surface area contributed by atoms with Crippen LogP contribution in [-0.4, -0.2) is 46.3 Å². The molecule has 0 aromatic heterocycles. The monoisotopic (exact) mass is 372 g/mol. The minimum atomic E-state index is -1.23. The Morgan fingerprint density at radius 1 is 0.963 bits per heavy atom. The molecule has 1 saturated heterocycles. The summed E-state index contributed by atoms with van der Waals surface area (Å²) in [6.45, 7) is 6.35. The zero-order valence-corrected chi connectivity index (χ0v) is 16.0. The fourth-order valence-corrected chi connectivity index (χ4v) is 3.48. The molecule has 3 rings (SSSR count). The normalized spacial score (nSPS) is 28.1. The quantitative estimate of drug-likeness (QED) is 0.752. The topological polar surface area (TPSA) is 79.2 Å². The zero-order valence-electron chi connectivity index (χ0n) is 16.0. The van der Waals surface area contributed by atoms with Crippen LogP contribution in [0.5, 0.6) is 5.75 Å². The molecular formula is C22H28O5. The highest BCUT2D eigenvalue weighted by Gasteiger charge is 2.42. The van der Waals surface area contributed by atoms with E-state index in [9.17, 15) is 15.3 Å². The molecule has 1 fully saturated rings. The molecule has 1 aliphatic rings. The summed E-state index contributed by atoms with van der Waals surface area (Å²) >= 11 is 0. The molecule has 0 amide bonds. The van der Waals surface area contributed by atoms with Crippen LogP contribution < -0.4 is 4.74 Å². The molecule has 5 atom stereocenters. The third kappa shape index (κ3) is 4.33. The summed E-state index contributed by atoms with van der Waals surface area (Å²) in [6, 6.07) is 13.9. The molecule has 3 N–H and O–H groups in total. The minimum Gasteiger partial charge on any atom is -0.494 e. The van der Waals surface area contributed by atoms with Gasteiger partial charge in [-0.25, -0.2) is 0 Å². The highest BCUT2D eigenvalue weighted by atomic mass is 16.5. The zero-order chi connectivity index (χ0) is 19.6. The summed E-state index contributed by atoms with van der Waals surface area (Å²) < 4.78 is 11.3. The van der Waals surface area contributed by atoms with Gasteiger partial charge >= 0.3 is 0 Å². The SMILES string of the molecule is CCOc1ccc(Cc2cc(C3OC(C)C(O)C(O)C3O)ccc2C)cc1. The molecule has 2 aromatic rings. The van der Waals surface area contributed by atoms with E-state index in [1.54, 1.807) is 6.92 Å². The number of rotatable bonds is 5. The lowest BCUT2D eigenvalue weighted by molar-refractivity contribution is -0.219. The van der Waals surface area contributed by atoms with Crippen molar-refractivity contribution >= 4 is 0 Å². The van der Waals surface area contributed by atoms with Crippen molar-refractivity contribution in [1.82, 2.24) is 0 Å². The molecule has 5 nitrogen and oxygen atoms in total. The first kappa shape index (κ1) is 19.8. The molecule has 0 saturated carbocycles. The molecule has 146 valence electrons. The maximum absolute atomic E-state index is 10.4. The maximum Gasteiger partial charge on any atom is 0.119 e. The first-order valence-electron chi connectivity index (χ1n) is 9.41. The lowest BCUT2D eigenvalue weighted by atomic mass is 9.89. The first-order valence-corrected chi connectivity index (χ1v) is 9.41. The van der Waals surface area contributed by atoms with Crippen molar-refractivity contribution in [2.45, 2.75) is 57.7 Å². The predicted molar refractivity (Wildman–Crippen MR) is 103 cm³/mol. The van der Waals surface area contributed by atoms with Gasteiger partial charge in [0, 0.05) is 0 Å². The lowest BCUT2D eigenvalue weighted by Gasteiger charge is -2.39. The van der Waals surface area contributed by atoms with Crippen LogP contribution in [-0.2, 0) is 11.2 Å². The van der Waals surface area contributed by atoms with Gasteiger partial charge in [-0.05, 0) is 61.6 Å². The van der Waals surface area contributed by atoms with Gasteiger partial charge in [-0.3, -0.25) is 0 Å². The second-order valence-electron chi connectivity index (χ2n) is 7.17. The van der Waals surface area contributed by atoms with Crippen molar-refractivity contribution in [3.63, 3.8) is 0 Å². The summed E-state index contributed by atoms with van der Waals surface area (Å²) in [5, 5.41) is 30.3. The summed E-state index contributed by atoms with van der Waals surface area (Å²) in [7, 11) is 0. The summed E-state index contributed by atoms with van der Waals surface area (Å²) in [5.41, 5.74) is 4.23. The van der Waals surface area contributed by atoms with E-state index < -0.39 is 30.5 Å². The summed E-state index contributed by atoms with van der Waals surface area (Å²) in [4.78, 5) is 0. The lowest BCUT2D eigenvalue weighted by Crippen LogP contribution is -2.53. The van der Waals surface area contributed by atoms with Crippen LogP contribution in [0.1, 0.15) is 42.2 Å². The molecule has 0 spiro atoms. The van der Waals surface area contributed by atoms with Gasteiger partial charge in [0.05, 0.1) is 12.7 Å². The van der Waals surface area contributed by atoms with Crippen molar-refractivity contribution in [3.8, 4) is 5.75 Å². The van der Waals surface area contributed by atoms with Crippen LogP contribution in [0, 0.1) is 6.92 Å². The van der Waals surface area contributed by atoms with E-state index in [4.69, 9.17) is 9.47 Å². The Labute approximate surface area is 160 Å². The Balaban J connectivity index is 1.82. The average molecular weight is 372 g/mol. The summed E-state index contributed by atoms with van der Waals surface area (Å²) in [6.07, 6.45) is -3.96. The number of ether oxygens (including phenoxy) is 2. The molecule has 5 unspecified atom stereocenters. The van der Waals surface area contributed by atoms with Gasteiger partial charge in [-0.2, -0.15) is 0 Å². The van der Waals surface area contributed by atoms with Crippen molar-refractivity contribution in [2.75, 3.05) is 6.61 Å². The first-order chi connectivity index (χ1) is 12.9. The number of aryl methyl sites for hydroxylation is 1. The molecule has 0 bridgehead atoms. The van der Waals surface area contributed by atoms with Crippen LogP contribution in [0.15, 0.2) is 42.5 Å². The Morgan fingerprint density at radius 3 is 2.33 bits per heavy atom. The van der Waals surface area contributed by atoms with E-state index in [1.165, 1.54) is 0 Å². The Bertz CT molecular complexity index is 758. The highest BCUT2D eigenvalue weighted by Crippen LogP contribution is 2.33. The van der Waals surface area contributed by atoms with Crippen molar-refractivity contribution in [1.29, 1.82) is 0 Å². The van der Waals surface area contributed by atoms with Crippen LogP contribution in [0.2, 0.25) is 0 Å². The molecule has 0 aliphatic carbocycles. The molecular weight excluding hydrogens is 344 g/mol. The number of aliphatic hydroxyl groups excluding tert-OH is 3. The molecule has 1 aliphatic heterocycles. The third-order valence-corrected chi connectivity index (χ3v) is 5.18. The van der Waals surface area contributed by atoms with E-state index in [0.717, 1.165) is 34.4 Å². The molecule has 1 heterocycles. The van der Waals surface area contributed by atoms with Crippen LogP contribution in [0.4, 0.5) is 0 Å². The average Bonchev–Trinajstić information content (AvgIpc) is 2.66. The van der Waals surface area contributed by atoms with E-state index in [0.29, 0.717) is 6.61 Å². The molecule has 5 heteroatoms. The third-order valence-electron chi connectivity index (χ3n) is 5.18. The number of hydrogen-bond acceptors (Lipinski definition) is 5. The fraction of sp³-hybridized carbons (Fsp3) is 0.455. The van der Waals surface area contributed by atoms with Crippen LogP contribution >= 0.6 is 0 Å². The largest absolute Gasteiger partial charge is 0.494 e. The van der Waals surface area contributed by atoms with Gasteiger partial charge in [0.2, 0.25) is 0 Å². The second kappa shape index (κ2) is 8.40. The maximum atomic E-state index is 10.4. The van der Waals surface area contributed by atoms with Gasteiger partial charge < -0.3 is 24.8 Å². The molecule has 27 heavy (non-hydrogen) atoms. The Morgan fingerprint density at radius 2 is 1.67 bits per heavy atom. The predicted octanol–water partition coefficient (Wildman–Crippen LogP) is 2.53. The Kier molecular flexibility index (Phi) is 6.17. The van der Waals surface area contributed by atoms with Crippen molar-refractivity contribution < 1.29 is 24.8 Å². The number of benzene rings is 2. The van der Waals surface area contributed by atoms with E-state index >= 15 is 0 Å². The van der Waals surface area contributed by atoms with Gasteiger partial charge in [0.1, 0.15) is 30.2 Å². The van der Waals surface area contributed by atoms with Crippen molar-refractivity contribution in [2.24, 2.45) is 0 Å². The molecule has 0 radical (unpaired) electrons. The fourth-order valence-electron chi connectivity index (χ4n) is 3.48. The van der Waals surface area contributed by atoms with Crippen LogP contribution in [0.3, 0.4) is 0 Å². The van der Waals surface area contributed by atoms with E-state index in [-0.39, 0.29) is 0 Å². The number of hydrogen-bond donors (Lipinski definition) is 3. The Hall–Kier alpha value is -1.92. The van der Waals surface area contributed by atoms with Crippen LogP contribution in [0.25, 0.3) is 0 Å². The second-order valence-corrected chi connectivity index (χ2v) is 7.17. The van der Waals surface area contributed by atoms with Crippen molar-refractivity contribution in [3.05, 3.63) is 64.7 Å². The highest BCUT2D eigenvalue weighted by molar-refractivity contribution is 5.38. The minimum absolute atomic E-state index is 0.552. The van der Waals surface area contributed by atoms with E-state index in [2.05, 4.69) is 0 Å². The standard InChI is InChI=1S/C22H28O5/c1-4-26-18-9-6-15(7-10-18)11-17-12-16(8-5-13(17)2)22-21(25)20(24)19(23)14(3)27-22/h5-10,12,14,19-25H,4,11H2,1-3H3. The van der Waals surface area contributed by atoms with Gasteiger partial charge in [0.15, 0.2) is 0 Å². The van der Waals surface area contributed by atoms with Gasteiger partial charge in [0.25, 0.3) is 0 Å². The van der Waals surface area contributed by atoms with E-state index in [1.807, 2.05) is 56.3 Å².